The van der Waals surface area contributed by atoms with Gasteiger partial charge in [0.15, 0.2) is 0 Å². The quantitative estimate of drug-likeness (QED) is 0.827. The van der Waals surface area contributed by atoms with E-state index >= 15 is 0 Å². The van der Waals surface area contributed by atoms with Gasteiger partial charge in [-0.2, -0.15) is 11.8 Å². The highest BCUT2D eigenvalue weighted by molar-refractivity contribution is 8.07. The van der Waals surface area contributed by atoms with Crippen LogP contribution in [0.25, 0.3) is 0 Å². The Bertz CT molecular complexity index is 267. The molecular weight excluding hydrogens is 252 g/mol. The van der Waals surface area contributed by atoms with Crippen LogP contribution in [-0.2, 0) is 4.79 Å². The zero-order valence-electron chi connectivity index (χ0n) is 10.4. The van der Waals surface area contributed by atoms with E-state index in [-0.39, 0.29) is 11.3 Å². The Labute approximate surface area is 112 Å². The molecule has 2 aliphatic rings. The summed E-state index contributed by atoms with van der Waals surface area (Å²) in [6.07, 6.45) is 2.29. The standard InChI is InChI=1S/C12H22N2OS2/c1-9(13)10-3-2-4-14(7-10)12(15)11-8-16-5-6-17-11/h9-11H,2-8,13H2,1H3. The van der Waals surface area contributed by atoms with Gasteiger partial charge >= 0.3 is 0 Å². The van der Waals surface area contributed by atoms with Crippen molar-refractivity contribution in [3.05, 3.63) is 0 Å². The van der Waals surface area contributed by atoms with Crippen molar-refractivity contribution in [3.63, 3.8) is 0 Å². The van der Waals surface area contributed by atoms with Crippen LogP contribution in [0.15, 0.2) is 0 Å². The van der Waals surface area contributed by atoms with Crippen molar-refractivity contribution in [1.29, 1.82) is 0 Å². The van der Waals surface area contributed by atoms with E-state index in [1.807, 2.05) is 23.5 Å². The third-order valence-electron chi connectivity index (χ3n) is 3.60. The first-order chi connectivity index (χ1) is 8.18. The van der Waals surface area contributed by atoms with E-state index in [1.165, 1.54) is 12.2 Å². The average Bonchev–Trinajstić information content (AvgIpc) is 2.39. The summed E-state index contributed by atoms with van der Waals surface area (Å²) in [7, 11) is 0. The first-order valence-corrected chi connectivity index (χ1v) is 8.62. The number of amides is 1. The molecule has 2 saturated heterocycles. The van der Waals surface area contributed by atoms with Crippen molar-refractivity contribution in [2.75, 3.05) is 30.3 Å². The van der Waals surface area contributed by atoms with Crippen LogP contribution in [-0.4, -0.2) is 52.4 Å². The number of hydrogen-bond acceptors (Lipinski definition) is 4. The van der Waals surface area contributed by atoms with Crippen LogP contribution >= 0.6 is 23.5 Å². The molecule has 2 N–H and O–H groups in total. The fraction of sp³-hybridized carbons (Fsp3) is 0.917. The number of nitrogens with two attached hydrogens (primary N) is 1. The van der Waals surface area contributed by atoms with Gasteiger partial charge in [-0.3, -0.25) is 4.79 Å². The Balaban J connectivity index is 1.89. The molecule has 1 amide bonds. The topological polar surface area (TPSA) is 46.3 Å². The predicted molar refractivity (Wildman–Crippen MR) is 76.5 cm³/mol. The van der Waals surface area contributed by atoms with Crippen LogP contribution in [0.1, 0.15) is 19.8 Å². The van der Waals surface area contributed by atoms with Gasteiger partial charge in [-0.15, -0.1) is 11.8 Å². The van der Waals surface area contributed by atoms with E-state index in [1.54, 1.807) is 0 Å². The highest BCUT2D eigenvalue weighted by Gasteiger charge is 2.31. The number of hydrogen-bond donors (Lipinski definition) is 1. The number of thioether (sulfide) groups is 2. The van der Waals surface area contributed by atoms with E-state index in [0.29, 0.717) is 11.8 Å². The summed E-state index contributed by atoms with van der Waals surface area (Å²) in [5.74, 6) is 4.15. The number of nitrogens with zero attached hydrogens (tertiary/aromatic N) is 1. The third kappa shape index (κ3) is 3.55. The lowest BCUT2D eigenvalue weighted by molar-refractivity contribution is -0.132. The lowest BCUT2D eigenvalue weighted by Gasteiger charge is -2.37. The SMILES string of the molecule is CC(N)C1CCCN(C(=O)C2CSCCS2)C1. The second kappa shape index (κ2) is 6.34. The molecular formula is C12H22N2OS2. The molecule has 0 bridgehead atoms. The summed E-state index contributed by atoms with van der Waals surface area (Å²) < 4.78 is 0. The van der Waals surface area contributed by atoms with Crippen LogP contribution in [0.4, 0.5) is 0 Å². The zero-order valence-corrected chi connectivity index (χ0v) is 12.1. The Kier molecular flexibility index (Phi) is 5.06. The largest absolute Gasteiger partial charge is 0.341 e. The van der Waals surface area contributed by atoms with E-state index < -0.39 is 0 Å². The molecule has 0 saturated carbocycles. The summed E-state index contributed by atoms with van der Waals surface area (Å²) in [5, 5.41) is 0.195. The summed E-state index contributed by atoms with van der Waals surface area (Å²) in [6.45, 7) is 3.87. The molecule has 0 aromatic rings. The molecule has 2 fully saturated rings. The molecule has 98 valence electrons. The summed E-state index contributed by atoms with van der Waals surface area (Å²) in [4.78, 5) is 14.4. The molecule has 3 unspecified atom stereocenters. The molecule has 2 aliphatic heterocycles. The van der Waals surface area contributed by atoms with E-state index in [0.717, 1.165) is 31.0 Å². The fourth-order valence-electron chi connectivity index (χ4n) is 2.47. The minimum atomic E-state index is 0.195. The monoisotopic (exact) mass is 274 g/mol. The molecule has 0 spiro atoms. The van der Waals surface area contributed by atoms with Crippen molar-refractivity contribution >= 4 is 29.4 Å². The molecule has 0 aromatic carbocycles. The number of carbonyl (C=O) groups excluding carboxylic acids is 1. The molecule has 2 heterocycles. The van der Waals surface area contributed by atoms with Crippen LogP contribution in [0.5, 0.6) is 0 Å². The van der Waals surface area contributed by atoms with Crippen molar-refractivity contribution in [3.8, 4) is 0 Å². The Morgan fingerprint density at radius 1 is 1.47 bits per heavy atom. The maximum Gasteiger partial charge on any atom is 0.236 e. The summed E-state index contributed by atoms with van der Waals surface area (Å²) in [6, 6.07) is 0.207. The molecule has 2 rings (SSSR count). The maximum absolute atomic E-state index is 12.4. The molecule has 3 nitrogen and oxygen atoms in total. The summed E-state index contributed by atoms with van der Waals surface area (Å²) >= 11 is 3.74. The van der Waals surface area contributed by atoms with Gasteiger partial charge in [0.1, 0.15) is 0 Å². The van der Waals surface area contributed by atoms with Crippen LogP contribution < -0.4 is 5.73 Å². The van der Waals surface area contributed by atoms with E-state index in [9.17, 15) is 4.79 Å². The van der Waals surface area contributed by atoms with E-state index in [4.69, 9.17) is 5.73 Å². The van der Waals surface area contributed by atoms with Crippen LogP contribution in [0.3, 0.4) is 0 Å². The van der Waals surface area contributed by atoms with Gasteiger partial charge in [0.2, 0.25) is 5.91 Å². The molecule has 0 radical (unpaired) electrons. The van der Waals surface area contributed by atoms with Crippen molar-refractivity contribution in [1.82, 2.24) is 4.90 Å². The Morgan fingerprint density at radius 3 is 2.94 bits per heavy atom. The lowest BCUT2D eigenvalue weighted by Crippen LogP contribution is -2.48. The average molecular weight is 274 g/mol. The minimum absolute atomic E-state index is 0.195. The smallest absolute Gasteiger partial charge is 0.236 e. The first kappa shape index (κ1) is 13.6. The second-order valence-electron chi connectivity index (χ2n) is 4.98. The maximum atomic E-state index is 12.4. The van der Waals surface area contributed by atoms with E-state index in [2.05, 4.69) is 11.8 Å². The first-order valence-electron chi connectivity index (χ1n) is 6.42. The number of likely N-dealkylation sites (tertiary alicyclic amines) is 1. The molecule has 5 heteroatoms. The van der Waals surface area contributed by atoms with Crippen molar-refractivity contribution in [2.45, 2.75) is 31.1 Å². The fourth-order valence-corrected chi connectivity index (χ4v) is 5.10. The second-order valence-corrected chi connectivity index (χ2v) is 7.44. The molecule has 0 aliphatic carbocycles. The molecule has 0 aromatic heterocycles. The van der Waals surface area contributed by atoms with Crippen molar-refractivity contribution < 1.29 is 4.79 Å². The van der Waals surface area contributed by atoms with Gasteiger partial charge < -0.3 is 10.6 Å². The van der Waals surface area contributed by atoms with Crippen LogP contribution in [0, 0.1) is 5.92 Å². The van der Waals surface area contributed by atoms with Gasteiger partial charge in [-0.25, -0.2) is 0 Å². The Morgan fingerprint density at radius 2 is 2.29 bits per heavy atom. The zero-order chi connectivity index (χ0) is 12.3. The Hall–Kier alpha value is 0.130. The minimum Gasteiger partial charge on any atom is -0.341 e. The highest BCUT2D eigenvalue weighted by atomic mass is 32.2. The number of carbonyl (C=O) groups is 1. The van der Waals surface area contributed by atoms with Gasteiger partial charge in [-0.1, -0.05) is 0 Å². The van der Waals surface area contributed by atoms with Gasteiger partial charge in [0.05, 0.1) is 5.25 Å². The highest BCUT2D eigenvalue weighted by Crippen LogP contribution is 2.27. The van der Waals surface area contributed by atoms with Crippen molar-refractivity contribution in [2.24, 2.45) is 11.7 Å². The molecule has 17 heavy (non-hydrogen) atoms. The number of rotatable bonds is 2. The number of piperidine rings is 1. The van der Waals surface area contributed by atoms with Gasteiger partial charge in [0, 0.05) is 36.4 Å². The van der Waals surface area contributed by atoms with Crippen LogP contribution in [0.2, 0.25) is 0 Å². The molecule has 3 atom stereocenters. The lowest BCUT2D eigenvalue weighted by atomic mass is 9.92. The predicted octanol–water partition coefficient (Wildman–Crippen LogP) is 1.42. The summed E-state index contributed by atoms with van der Waals surface area (Å²) in [5.41, 5.74) is 5.96. The van der Waals surface area contributed by atoms with Gasteiger partial charge in [-0.05, 0) is 25.7 Å². The van der Waals surface area contributed by atoms with Gasteiger partial charge in [0.25, 0.3) is 0 Å². The normalized spacial score (nSPS) is 32.2. The third-order valence-corrected chi connectivity index (χ3v) is 6.35.